The second-order valence-corrected chi connectivity index (χ2v) is 7.43. The number of benzene rings is 1. The van der Waals surface area contributed by atoms with Gasteiger partial charge in [-0.25, -0.2) is 4.98 Å². The van der Waals surface area contributed by atoms with Crippen molar-refractivity contribution in [2.45, 2.75) is 32.2 Å². The van der Waals surface area contributed by atoms with Crippen LogP contribution in [0.3, 0.4) is 0 Å². The van der Waals surface area contributed by atoms with E-state index in [4.69, 9.17) is 20.2 Å². The number of aromatic nitrogens is 3. The first-order valence-electron chi connectivity index (χ1n) is 9.63. The van der Waals surface area contributed by atoms with Crippen LogP contribution in [0.25, 0.3) is 5.65 Å². The van der Waals surface area contributed by atoms with Crippen LogP contribution < -0.4 is 15.2 Å². The Morgan fingerprint density at radius 3 is 2.75 bits per heavy atom. The van der Waals surface area contributed by atoms with Gasteiger partial charge in [0.2, 0.25) is 0 Å². The Morgan fingerprint density at radius 2 is 1.96 bits per heavy atom. The minimum atomic E-state index is 0.372. The third-order valence-electron chi connectivity index (χ3n) is 5.37. The van der Waals surface area contributed by atoms with E-state index in [0.717, 1.165) is 61.0 Å². The van der Waals surface area contributed by atoms with Crippen LogP contribution in [0.2, 0.25) is 0 Å². The molecule has 4 rings (SSSR count). The van der Waals surface area contributed by atoms with Crippen molar-refractivity contribution in [2.75, 3.05) is 33.0 Å². The number of likely N-dealkylation sites (tertiary alicyclic amines) is 1. The Morgan fingerprint density at radius 1 is 1.14 bits per heavy atom. The van der Waals surface area contributed by atoms with Gasteiger partial charge in [0.05, 0.1) is 25.6 Å². The van der Waals surface area contributed by atoms with E-state index in [1.54, 1.807) is 18.7 Å². The average Bonchev–Trinajstić information content (AvgIpc) is 3.09. The Balaban J connectivity index is 1.52. The Labute approximate surface area is 165 Å². The van der Waals surface area contributed by atoms with Gasteiger partial charge in [-0.05, 0) is 44.0 Å². The second kappa shape index (κ2) is 7.67. The van der Waals surface area contributed by atoms with Gasteiger partial charge in [0, 0.05) is 31.1 Å². The SMILES string of the molecule is COc1ccc(CN2CCC[C@@H](c3cc(N)n4nc(C)cc4n3)C2)cc1OC. The first-order valence-corrected chi connectivity index (χ1v) is 9.63. The lowest BCUT2D eigenvalue weighted by Crippen LogP contribution is -2.34. The molecular formula is C21H27N5O2. The number of anilines is 1. The molecule has 0 aliphatic carbocycles. The summed E-state index contributed by atoms with van der Waals surface area (Å²) in [5, 5.41) is 4.40. The molecule has 0 unspecified atom stereocenters. The zero-order valence-corrected chi connectivity index (χ0v) is 16.7. The van der Waals surface area contributed by atoms with Gasteiger partial charge in [-0.2, -0.15) is 9.61 Å². The van der Waals surface area contributed by atoms with Crippen molar-refractivity contribution in [2.24, 2.45) is 0 Å². The number of nitrogens with zero attached hydrogens (tertiary/aromatic N) is 4. The van der Waals surface area contributed by atoms with Crippen LogP contribution in [0.1, 0.15) is 35.7 Å². The minimum absolute atomic E-state index is 0.372. The Bertz CT molecular complexity index is 984. The third-order valence-corrected chi connectivity index (χ3v) is 5.37. The second-order valence-electron chi connectivity index (χ2n) is 7.43. The number of hydrogen-bond donors (Lipinski definition) is 1. The molecule has 2 N–H and O–H groups in total. The zero-order valence-electron chi connectivity index (χ0n) is 16.7. The van der Waals surface area contributed by atoms with Gasteiger partial charge in [-0.3, -0.25) is 4.90 Å². The van der Waals surface area contributed by atoms with Gasteiger partial charge >= 0.3 is 0 Å². The van der Waals surface area contributed by atoms with Crippen molar-refractivity contribution in [3.63, 3.8) is 0 Å². The smallest absolute Gasteiger partial charge is 0.161 e. The van der Waals surface area contributed by atoms with Crippen molar-refractivity contribution < 1.29 is 9.47 Å². The molecule has 1 aromatic carbocycles. The molecule has 148 valence electrons. The molecule has 0 saturated carbocycles. The first-order chi connectivity index (χ1) is 13.6. The third kappa shape index (κ3) is 3.62. The normalized spacial score (nSPS) is 17.8. The summed E-state index contributed by atoms with van der Waals surface area (Å²) < 4.78 is 12.5. The molecule has 2 aromatic heterocycles. The quantitative estimate of drug-likeness (QED) is 0.732. The molecule has 0 amide bonds. The topological polar surface area (TPSA) is 77.9 Å². The molecule has 3 heterocycles. The summed E-state index contributed by atoms with van der Waals surface area (Å²) in [6, 6.07) is 10.1. The maximum atomic E-state index is 6.22. The number of hydrogen-bond acceptors (Lipinski definition) is 6. The fourth-order valence-electron chi connectivity index (χ4n) is 4.02. The largest absolute Gasteiger partial charge is 0.493 e. The fourth-order valence-corrected chi connectivity index (χ4v) is 4.02. The molecule has 28 heavy (non-hydrogen) atoms. The highest BCUT2D eigenvalue weighted by Crippen LogP contribution is 2.31. The van der Waals surface area contributed by atoms with Crippen molar-refractivity contribution in [3.8, 4) is 11.5 Å². The highest BCUT2D eigenvalue weighted by atomic mass is 16.5. The van der Waals surface area contributed by atoms with E-state index < -0.39 is 0 Å². The Hall–Kier alpha value is -2.80. The molecule has 1 aliphatic rings. The van der Waals surface area contributed by atoms with Crippen LogP contribution in [-0.2, 0) is 6.54 Å². The first kappa shape index (κ1) is 18.6. The van der Waals surface area contributed by atoms with Gasteiger partial charge in [-0.1, -0.05) is 6.07 Å². The van der Waals surface area contributed by atoms with Crippen LogP contribution in [0.15, 0.2) is 30.3 Å². The fraction of sp³-hybridized carbons (Fsp3) is 0.429. The van der Waals surface area contributed by atoms with Crippen molar-refractivity contribution >= 4 is 11.5 Å². The monoisotopic (exact) mass is 381 g/mol. The number of methoxy groups -OCH3 is 2. The minimum Gasteiger partial charge on any atom is -0.493 e. The molecule has 7 heteroatoms. The van der Waals surface area contributed by atoms with Gasteiger partial charge in [0.25, 0.3) is 0 Å². The number of ether oxygens (including phenoxy) is 2. The number of nitrogen functional groups attached to an aromatic ring is 1. The summed E-state index contributed by atoms with van der Waals surface area (Å²) in [4.78, 5) is 7.30. The molecule has 1 aliphatic heterocycles. The summed E-state index contributed by atoms with van der Waals surface area (Å²) in [6.07, 6.45) is 2.27. The number of fused-ring (bicyclic) bond motifs is 1. The molecule has 0 bridgehead atoms. The van der Waals surface area contributed by atoms with E-state index in [2.05, 4.69) is 22.1 Å². The lowest BCUT2D eigenvalue weighted by molar-refractivity contribution is 0.198. The number of aryl methyl sites for hydroxylation is 1. The van der Waals surface area contributed by atoms with Crippen LogP contribution in [0.4, 0.5) is 5.82 Å². The van der Waals surface area contributed by atoms with Crippen LogP contribution >= 0.6 is 0 Å². The zero-order chi connectivity index (χ0) is 19.7. The summed E-state index contributed by atoms with van der Waals surface area (Å²) >= 11 is 0. The predicted molar refractivity (Wildman–Crippen MR) is 109 cm³/mol. The van der Waals surface area contributed by atoms with Crippen LogP contribution in [0.5, 0.6) is 11.5 Å². The van der Waals surface area contributed by atoms with E-state index in [-0.39, 0.29) is 0 Å². The van der Waals surface area contributed by atoms with Gasteiger partial charge in [0.1, 0.15) is 5.82 Å². The molecule has 1 atom stereocenters. The van der Waals surface area contributed by atoms with E-state index in [0.29, 0.717) is 11.7 Å². The molecular weight excluding hydrogens is 354 g/mol. The summed E-state index contributed by atoms with van der Waals surface area (Å²) in [7, 11) is 3.33. The lowest BCUT2D eigenvalue weighted by atomic mass is 9.94. The molecule has 1 saturated heterocycles. The predicted octanol–water partition coefficient (Wildman–Crippen LogP) is 3.02. The van der Waals surface area contributed by atoms with Gasteiger partial charge in [0.15, 0.2) is 17.1 Å². The summed E-state index contributed by atoms with van der Waals surface area (Å²) in [6.45, 7) is 4.87. The average molecular weight is 381 g/mol. The van der Waals surface area contributed by atoms with E-state index in [1.165, 1.54) is 5.56 Å². The van der Waals surface area contributed by atoms with Gasteiger partial charge in [-0.15, -0.1) is 0 Å². The molecule has 0 spiro atoms. The van der Waals surface area contributed by atoms with Crippen molar-refractivity contribution in [1.82, 2.24) is 19.5 Å². The molecule has 7 nitrogen and oxygen atoms in total. The van der Waals surface area contributed by atoms with E-state index in [1.807, 2.05) is 25.1 Å². The summed E-state index contributed by atoms with van der Waals surface area (Å²) in [5.41, 5.74) is 10.2. The maximum Gasteiger partial charge on any atom is 0.161 e. The van der Waals surface area contributed by atoms with Crippen molar-refractivity contribution in [1.29, 1.82) is 0 Å². The Kier molecular flexibility index (Phi) is 5.09. The van der Waals surface area contributed by atoms with Crippen LogP contribution in [-0.4, -0.2) is 46.8 Å². The standard InChI is InChI=1S/C21H27N5O2/c1-14-9-21-23-17(11-20(22)26(21)24-14)16-5-4-8-25(13-16)12-15-6-7-18(27-2)19(10-15)28-3/h6-7,9-11,16H,4-5,8,12-13,22H2,1-3H3/t16-/m1/s1. The van der Waals surface area contributed by atoms with E-state index in [9.17, 15) is 0 Å². The maximum absolute atomic E-state index is 6.22. The molecule has 0 radical (unpaired) electrons. The van der Waals surface area contributed by atoms with Crippen molar-refractivity contribution in [3.05, 3.63) is 47.3 Å². The highest BCUT2D eigenvalue weighted by molar-refractivity contribution is 5.49. The number of piperidine rings is 1. The number of rotatable bonds is 5. The van der Waals surface area contributed by atoms with Crippen LogP contribution in [0, 0.1) is 6.92 Å². The highest BCUT2D eigenvalue weighted by Gasteiger charge is 2.24. The lowest BCUT2D eigenvalue weighted by Gasteiger charge is -2.32. The number of nitrogens with two attached hydrogens (primary N) is 1. The van der Waals surface area contributed by atoms with Gasteiger partial charge < -0.3 is 15.2 Å². The van der Waals surface area contributed by atoms with E-state index >= 15 is 0 Å². The summed E-state index contributed by atoms with van der Waals surface area (Å²) in [5.74, 6) is 2.54. The molecule has 1 fully saturated rings. The molecule has 3 aromatic rings.